The molecule has 2 heteroatoms. The van der Waals surface area contributed by atoms with E-state index in [-0.39, 0.29) is 0 Å². The maximum Gasteiger partial charge on any atom is 0.335 e. The standard InChI is InChI=1S/C17H13N2/c1-12-10-18-17-15-8-3-2-6-13(15)14-7-4-5-9-16(14)19(17)11-12/h2-11H,1H3/q+1. The van der Waals surface area contributed by atoms with E-state index in [9.17, 15) is 0 Å². The molecule has 0 saturated heterocycles. The number of hydrogen-bond acceptors (Lipinski definition) is 1. The van der Waals surface area contributed by atoms with Crippen LogP contribution in [-0.4, -0.2) is 4.98 Å². The van der Waals surface area contributed by atoms with Crippen molar-refractivity contribution in [1.82, 2.24) is 4.98 Å². The highest BCUT2D eigenvalue weighted by molar-refractivity contribution is 6.08. The minimum absolute atomic E-state index is 1.01. The molecule has 0 spiro atoms. The highest BCUT2D eigenvalue weighted by Gasteiger charge is 2.14. The van der Waals surface area contributed by atoms with E-state index >= 15 is 0 Å². The first-order chi connectivity index (χ1) is 9.34. The smallest absolute Gasteiger partial charge is 0.195 e. The summed E-state index contributed by atoms with van der Waals surface area (Å²) in [6.07, 6.45) is 4.08. The first kappa shape index (κ1) is 10.4. The Hall–Kier alpha value is -2.48. The summed E-state index contributed by atoms with van der Waals surface area (Å²) in [4.78, 5) is 4.62. The number of aromatic nitrogens is 2. The Morgan fingerprint density at radius 2 is 1.53 bits per heavy atom. The molecule has 0 unspecified atom stereocenters. The summed E-state index contributed by atoms with van der Waals surface area (Å²) in [5.41, 5.74) is 3.38. The molecule has 0 atom stereocenters. The summed E-state index contributed by atoms with van der Waals surface area (Å²) in [5, 5.41) is 3.72. The molecule has 90 valence electrons. The van der Waals surface area contributed by atoms with Crippen LogP contribution in [0.15, 0.2) is 60.9 Å². The van der Waals surface area contributed by atoms with Crippen molar-refractivity contribution >= 4 is 27.3 Å². The average molecular weight is 245 g/mol. The first-order valence-electron chi connectivity index (χ1n) is 6.42. The number of para-hydroxylation sites is 1. The Kier molecular flexibility index (Phi) is 2.06. The molecule has 0 amide bonds. The van der Waals surface area contributed by atoms with Gasteiger partial charge in [-0.25, -0.2) is 0 Å². The summed E-state index contributed by atoms with van der Waals surface area (Å²) < 4.78 is 2.19. The van der Waals surface area contributed by atoms with Crippen LogP contribution in [0.5, 0.6) is 0 Å². The molecule has 0 aliphatic heterocycles. The summed E-state index contributed by atoms with van der Waals surface area (Å²) in [7, 11) is 0. The highest BCUT2D eigenvalue weighted by Crippen LogP contribution is 2.24. The molecule has 0 bridgehead atoms. The van der Waals surface area contributed by atoms with Crippen LogP contribution >= 0.6 is 0 Å². The van der Waals surface area contributed by atoms with E-state index in [1.807, 2.05) is 6.20 Å². The second-order valence-electron chi connectivity index (χ2n) is 4.89. The number of nitrogens with zero attached hydrogens (tertiary/aromatic N) is 2. The lowest BCUT2D eigenvalue weighted by Crippen LogP contribution is -2.24. The molecule has 19 heavy (non-hydrogen) atoms. The van der Waals surface area contributed by atoms with Crippen LogP contribution in [0.2, 0.25) is 0 Å². The maximum absolute atomic E-state index is 4.62. The largest absolute Gasteiger partial charge is 0.335 e. The van der Waals surface area contributed by atoms with Crippen molar-refractivity contribution < 1.29 is 4.40 Å². The number of hydrogen-bond donors (Lipinski definition) is 0. The Morgan fingerprint density at radius 1 is 0.842 bits per heavy atom. The van der Waals surface area contributed by atoms with Crippen LogP contribution in [0.1, 0.15) is 5.56 Å². The van der Waals surface area contributed by atoms with Gasteiger partial charge in [-0.05, 0) is 24.0 Å². The van der Waals surface area contributed by atoms with Gasteiger partial charge in [-0.3, -0.25) is 0 Å². The molecule has 2 aromatic heterocycles. The highest BCUT2D eigenvalue weighted by atomic mass is 15.0. The summed E-state index contributed by atoms with van der Waals surface area (Å²) in [5.74, 6) is 0. The van der Waals surface area contributed by atoms with Crippen LogP contribution < -0.4 is 4.40 Å². The van der Waals surface area contributed by atoms with Crippen molar-refractivity contribution in [2.45, 2.75) is 6.92 Å². The zero-order chi connectivity index (χ0) is 12.8. The lowest BCUT2D eigenvalue weighted by atomic mass is 10.1. The maximum atomic E-state index is 4.62. The average Bonchev–Trinajstić information content (AvgIpc) is 2.47. The normalized spacial score (nSPS) is 11.4. The molecule has 0 aliphatic carbocycles. The molecule has 2 aromatic carbocycles. The van der Waals surface area contributed by atoms with E-state index in [1.165, 1.54) is 21.7 Å². The third-order valence-corrected chi connectivity index (χ3v) is 3.57. The Morgan fingerprint density at radius 3 is 2.37 bits per heavy atom. The van der Waals surface area contributed by atoms with Crippen LogP contribution in [0.4, 0.5) is 0 Å². The van der Waals surface area contributed by atoms with Gasteiger partial charge in [0.05, 0.1) is 5.39 Å². The monoisotopic (exact) mass is 245 g/mol. The molecule has 0 saturated carbocycles. The molecule has 4 aromatic rings. The Balaban J connectivity index is 2.43. The van der Waals surface area contributed by atoms with Gasteiger partial charge in [0.25, 0.3) is 0 Å². The quantitative estimate of drug-likeness (QED) is 0.342. The van der Waals surface area contributed by atoms with Gasteiger partial charge in [-0.2, -0.15) is 4.40 Å². The van der Waals surface area contributed by atoms with Gasteiger partial charge in [-0.15, -0.1) is 0 Å². The summed E-state index contributed by atoms with van der Waals surface area (Å²) in [6.45, 7) is 2.07. The van der Waals surface area contributed by atoms with Crippen LogP contribution in [-0.2, 0) is 0 Å². The Bertz CT molecular complexity index is 891. The molecule has 2 nitrogen and oxygen atoms in total. The second-order valence-corrected chi connectivity index (χ2v) is 4.89. The minimum Gasteiger partial charge on any atom is -0.195 e. The molecule has 0 fully saturated rings. The fourth-order valence-corrected chi connectivity index (χ4v) is 2.73. The minimum atomic E-state index is 1.01. The van der Waals surface area contributed by atoms with Gasteiger partial charge >= 0.3 is 5.65 Å². The van der Waals surface area contributed by atoms with Crippen molar-refractivity contribution in [3.63, 3.8) is 0 Å². The van der Waals surface area contributed by atoms with Gasteiger partial charge in [0.1, 0.15) is 17.9 Å². The number of aryl methyl sites for hydroxylation is 1. The Labute approximate surface area is 111 Å². The van der Waals surface area contributed by atoms with Gasteiger partial charge in [0.15, 0.2) is 0 Å². The second kappa shape index (κ2) is 3.75. The number of pyridine rings is 1. The van der Waals surface area contributed by atoms with Crippen molar-refractivity contribution in [3.05, 3.63) is 66.5 Å². The molecular weight excluding hydrogens is 232 g/mol. The first-order valence-corrected chi connectivity index (χ1v) is 6.42. The lowest BCUT2D eigenvalue weighted by Gasteiger charge is -2.04. The topological polar surface area (TPSA) is 17.0 Å². The van der Waals surface area contributed by atoms with Gasteiger partial charge in [0, 0.05) is 16.3 Å². The fraction of sp³-hybridized carbons (Fsp3) is 0.0588. The van der Waals surface area contributed by atoms with Gasteiger partial charge < -0.3 is 0 Å². The molecule has 2 heterocycles. The van der Waals surface area contributed by atoms with E-state index in [4.69, 9.17) is 0 Å². The van der Waals surface area contributed by atoms with E-state index in [0.717, 1.165) is 11.2 Å². The fourth-order valence-electron chi connectivity index (χ4n) is 2.73. The van der Waals surface area contributed by atoms with Gasteiger partial charge in [-0.1, -0.05) is 36.4 Å². The van der Waals surface area contributed by atoms with E-state index in [0.29, 0.717) is 0 Å². The van der Waals surface area contributed by atoms with E-state index < -0.39 is 0 Å². The molecular formula is C17H13N2+. The molecule has 0 radical (unpaired) electrons. The third-order valence-electron chi connectivity index (χ3n) is 3.57. The predicted molar refractivity (Wildman–Crippen MR) is 77.1 cm³/mol. The van der Waals surface area contributed by atoms with Crippen LogP contribution in [0.25, 0.3) is 27.3 Å². The number of rotatable bonds is 0. The summed E-state index contributed by atoms with van der Waals surface area (Å²) in [6, 6.07) is 16.9. The van der Waals surface area contributed by atoms with Crippen molar-refractivity contribution in [3.8, 4) is 0 Å². The summed E-state index contributed by atoms with van der Waals surface area (Å²) >= 11 is 0. The third kappa shape index (κ3) is 1.43. The number of benzene rings is 2. The van der Waals surface area contributed by atoms with Crippen LogP contribution in [0, 0.1) is 6.92 Å². The van der Waals surface area contributed by atoms with Crippen LogP contribution in [0.3, 0.4) is 0 Å². The molecule has 0 N–H and O–H groups in total. The van der Waals surface area contributed by atoms with Crippen molar-refractivity contribution in [2.24, 2.45) is 0 Å². The van der Waals surface area contributed by atoms with E-state index in [2.05, 4.69) is 71.0 Å². The predicted octanol–water partition coefficient (Wildman–Crippen LogP) is 3.44. The molecule has 0 aliphatic rings. The van der Waals surface area contributed by atoms with E-state index in [1.54, 1.807) is 0 Å². The zero-order valence-corrected chi connectivity index (χ0v) is 10.7. The van der Waals surface area contributed by atoms with Gasteiger partial charge in [0.2, 0.25) is 0 Å². The number of fused-ring (bicyclic) bond motifs is 6. The SMILES string of the molecule is Cc1cnc2c3ccccc3c3ccccc3[n+]2c1. The zero-order valence-electron chi connectivity index (χ0n) is 10.7. The molecule has 4 rings (SSSR count). The lowest BCUT2D eigenvalue weighted by molar-refractivity contribution is -0.483. The van der Waals surface area contributed by atoms with Crippen molar-refractivity contribution in [1.29, 1.82) is 0 Å². The van der Waals surface area contributed by atoms with Crippen molar-refractivity contribution in [2.75, 3.05) is 0 Å².